The minimum absolute atomic E-state index is 0.0578. The van der Waals surface area contributed by atoms with Crippen LogP contribution >= 0.6 is 0 Å². The number of aryl methyl sites for hydroxylation is 3. The zero-order chi connectivity index (χ0) is 34.9. The second kappa shape index (κ2) is 12.0. The minimum Gasteiger partial charge on any atom is -0.481 e. The van der Waals surface area contributed by atoms with Gasteiger partial charge in [-0.25, -0.2) is 9.28 Å². The van der Waals surface area contributed by atoms with Crippen molar-refractivity contribution in [3.8, 4) is 11.1 Å². The van der Waals surface area contributed by atoms with Crippen molar-refractivity contribution in [2.75, 3.05) is 27.2 Å². The molecule has 0 bridgehead atoms. The number of fused-ring (bicyclic) bond motifs is 3. The first kappa shape index (κ1) is 33.7. The summed E-state index contributed by atoms with van der Waals surface area (Å²) >= 11 is 0. The van der Waals surface area contributed by atoms with E-state index in [1.54, 1.807) is 22.8 Å². The zero-order valence-electron chi connectivity index (χ0n) is 28.5. The molecular formula is C37H43F3N5O3+. The summed E-state index contributed by atoms with van der Waals surface area (Å²) in [5.74, 6) is -1.22. The summed E-state index contributed by atoms with van der Waals surface area (Å²) in [4.78, 5) is 31.2. The number of halogens is 3. The molecule has 1 saturated heterocycles. The lowest BCUT2D eigenvalue weighted by Crippen LogP contribution is -2.54. The lowest BCUT2D eigenvalue weighted by Gasteiger charge is -2.40. The van der Waals surface area contributed by atoms with Crippen LogP contribution in [0.1, 0.15) is 55.8 Å². The van der Waals surface area contributed by atoms with Crippen molar-refractivity contribution in [1.82, 2.24) is 19.6 Å². The second-order valence-corrected chi connectivity index (χ2v) is 14.2. The first-order chi connectivity index (χ1) is 22.5. The number of carboxylic acids is 1. The van der Waals surface area contributed by atoms with Gasteiger partial charge in [0.05, 0.1) is 17.3 Å². The molecule has 3 atom stereocenters. The van der Waals surface area contributed by atoms with Crippen LogP contribution in [0, 0.1) is 19.8 Å². The maximum Gasteiger partial charge on any atom is 0.416 e. The van der Waals surface area contributed by atoms with E-state index >= 15 is 0 Å². The van der Waals surface area contributed by atoms with Crippen LogP contribution in [0.25, 0.3) is 22.0 Å². The van der Waals surface area contributed by atoms with Crippen LogP contribution in [0.3, 0.4) is 0 Å². The van der Waals surface area contributed by atoms with Gasteiger partial charge in [-0.1, -0.05) is 32.0 Å². The third-order valence-electron chi connectivity index (χ3n) is 10.0. The quantitative estimate of drug-likeness (QED) is 0.186. The molecule has 3 aromatic rings. The molecular weight excluding hydrogens is 619 g/mol. The fraction of sp³-hybridized carbons (Fsp3) is 0.432. The van der Waals surface area contributed by atoms with Crippen molar-refractivity contribution < 1.29 is 32.3 Å². The predicted octanol–water partition coefficient (Wildman–Crippen LogP) is 7.01. The monoisotopic (exact) mass is 662 g/mol. The number of quaternary nitrogens is 1. The fourth-order valence-electron chi connectivity index (χ4n) is 7.80. The number of carbonyl (C=O) groups excluding carboxylic acids is 1. The van der Waals surface area contributed by atoms with Gasteiger partial charge in [0.15, 0.2) is 12.2 Å². The number of aliphatic carboxylic acids is 1. The van der Waals surface area contributed by atoms with Crippen LogP contribution < -0.4 is 0 Å². The van der Waals surface area contributed by atoms with Crippen LogP contribution in [0.4, 0.5) is 13.2 Å². The number of nitrogens with zero attached hydrogens (tertiary/aromatic N) is 5. The number of alkyl halides is 3. The van der Waals surface area contributed by atoms with Gasteiger partial charge < -0.3 is 14.9 Å². The number of carbonyl (C=O) groups is 2. The van der Waals surface area contributed by atoms with Crippen LogP contribution in [-0.4, -0.2) is 80.4 Å². The summed E-state index contributed by atoms with van der Waals surface area (Å²) in [5.41, 5.74) is 5.63. The SMILES string of the molecule is Cc1cccc(C)c1-c1cc([C@H](CC(=O)O)[N+]23CC2=C2C=C(C(F)(F)F)C(CCN(C)C)=CN2[C@H](CC(C)C)C3=O)c2c(cnn2C)c1. The van der Waals surface area contributed by atoms with E-state index in [4.69, 9.17) is 0 Å². The molecule has 6 rings (SSSR count). The predicted molar refractivity (Wildman–Crippen MR) is 178 cm³/mol. The molecule has 0 spiro atoms. The van der Waals surface area contributed by atoms with E-state index in [-0.39, 0.29) is 41.3 Å². The maximum absolute atomic E-state index is 14.9. The van der Waals surface area contributed by atoms with E-state index in [2.05, 4.69) is 5.10 Å². The largest absolute Gasteiger partial charge is 0.481 e. The van der Waals surface area contributed by atoms with Crippen LogP contribution in [-0.2, 0) is 16.6 Å². The molecule has 1 N–H and O–H groups in total. The summed E-state index contributed by atoms with van der Waals surface area (Å²) in [7, 11) is 5.41. The van der Waals surface area contributed by atoms with Gasteiger partial charge in [0.1, 0.15) is 24.2 Å². The summed E-state index contributed by atoms with van der Waals surface area (Å²) in [5, 5.41) is 15.7. The summed E-state index contributed by atoms with van der Waals surface area (Å²) in [6.45, 7) is 8.57. The van der Waals surface area contributed by atoms with E-state index in [0.717, 1.165) is 27.6 Å². The fourth-order valence-corrected chi connectivity index (χ4v) is 7.80. The van der Waals surface area contributed by atoms with Crippen molar-refractivity contribution in [1.29, 1.82) is 0 Å². The Balaban J connectivity index is 1.60. The van der Waals surface area contributed by atoms with Crippen LogP contribution in [0.2, 0.25) is 0 Å². The standard InChI is InChI=1S/C37H42F3N5O3/c1-21(2)13-30-36(48)45(20-32(45)29-16-28(37(38,39)40)24(19-44(29)30)11-12-42(5)6)31(17-33(46)47)27-15-25(14-26-18-41-43(7)35(26)27)34-22(3)9-8-10-23(34)4/h8-10,14-16,18-19,21,30-31H,11-13,17,20H2,1-7H3/p+1/t30-,31+,45?/m1/s1. The Kier molecular flexibility index (Phi) is 8.44. The molecule has 0 saturated carbocycles. The van der Waals surface area contributed by atoms with Crippen LogP contribution in [0.15, 0.2) is 71.3 Å². The molecule has 254 valence electrons. The Morgan fingerprint density at radius 1 is 1.17 bits per heavy atom. The highest BCUT2D eigenvalue weighted by molar-refractivity contribution is 5.90. The zero-order valence-corrected chi connectivity index (χ0v) is 28.5. The number of allylic oxidation sites excluding steroid dienone is 2. The van der Waals surface area contributed by atoms with Crippen molar-refractivity contribution in [2.45, 2.75) is 65.2 Å². The number of amides is 1. The Labute approximate surface area is 279 Å². The highest BCUT2D eigenvalue weighted by Gasteiger charge is 2.70. The molecule has 0 aliphatic carbocycles. The number of hydrogen-bond donors (Lipinski definition) is 1. The molecule has 1 unspecified atom stereocenters. The molecule has 1 aromatic heterocycles. The normalized spacial score (nSPS) is 21.5. The van der Waals surface area contributed by atoms with Gasteiger partial charge in [-0.05, 0) is 92.7 Å². The lowest BCUT2D eigenvalue weighted by atomic mass is 9.89. The smallest absolute Gasteiger partial charge is 0.416 e. The van der Waals surface area contributed by atoms with E-state index in [1.807, 2.05) is 77.0 Å². The molecule has 3 aliphatic rings. The van der Waals surface area contributed by atoms with E-state index < -0.39 is 29.8 Å². The molecule has 1 fully saturated rings. The summed E-state index contributed by atoms with van der Waals surface area (Å²) in [6.07, 6.45) is 0.0578. The highest BCUT2D eigenvalue weighted by Crippen LogP contribution is 2.57. The molecule has 1 amide bonds. The van der Waals surface area contributed by atoms with E-state index in [9.17, 15) is 27.9 Å². The average Bonchev–Trinajstić information content (AvgIpc) is 3.65. The summed E-state index contributed by atoms with van der Waals surface area (Å²) in [6, 6.07) is 8.39. The molecule has 8 nitrogen and oxygen atoms in total. The van der Waals surface area contributed by atoms with Gasteiger partial charge in [-0.15, -0.1) is 0 Å². The minimum atomic E-state index is -4.60. The number of hydrogen-bond acceptors (Lipinski definition) is 5. The third-order valence-corrected chi connectivity index (χ3v) is 10.0. The van der Waals surface area contributed by atoms with Gasteiger partial charge in [-0.2, -0.15) is 18.3 Å². The van der Waals surface area contributed by atoms with Crippen molar-refractivity contribution >= 4 is 22.8 Å². The first-order valence-electron chi connectivity index (χ1n) is 16.4. The van der Waals surface area contributed by atoms with Gasteiger partial charge in [0.25, 0.3) is 0 Å². The van der Waals surface area contributed by atoms with Gasteiger partial charge in [0.2, 0.25) is 0 Å². The Morgan fingerprint density at radius 2 is 1.85 bits per heavy atom. The number of rotatable bonds is 10. The third kappa shape index (κ3) is 5.66. The van der Waals surface area contributed by atoms with Gasteiger partial charge in [-0.3, -0.25) is 9.48 Å². The number of carboxylic acid groups (broad SMARTS) is 1. The Hall–Kier alpha value is -4.22. The van der Waals surface area contributed by atoms with Gasteiger partial charge in [0, 0.05) is 30.7 Å². The second-order valence-electron chi connectivity index (χ2n) is 14.2. The number of aromatic nitrogens is 2. The molecule has 4 heterocycles. The van der Waals surface area contributed by atoms with Crippen molar-refractivity contribution in [3.05, 3.63) is 88.0 Å². The molecule has 11 heteroatoms. The van der Waals surface area contributed by atoms with Crippen molar-refractivity contribution in [3.63, 3.8) is 0 Å². The average molecular weight is 663 g/mol. The molecule has 2 aromatic carbocycles. The number of benzene rings is 2. The first-order valence-corrected chi connectivity index (χ1v) is 16.4. The molecule has 48 heavy (non-hydrogen) atoms. The topological polar surface area (TPSA) is 78.7 Å². The van der Waals surface area contributed by atoms with Crippen molar-refractivity contribution in [2.24, 2.45) is 13.0 Å². The van der Waals surface area contributed by atoms with E-state index in [0.29, 0.717) is 35.4 Å². The highest BCUT2D eigenvalue weighted by atomic mass is 19.4. The van der Waals surface area contributed by atoms with Gasteiger partial charge >= 0.3 is 18.1 Å². The van der Waals surface area contributed by atoms with E-state index in [1.165, 1.54) is 12.3 Å². The maximum atomic E-state index is 14.9. The summed E-state index contributed by atoms with van der Waals surface area (Å²) < 4.78 is 45.2. The molecule has 3 aliphatic heterocycles. The molecule has 0 radical (unpaired) electrons. The Morgan fingerprint density at radius 3 is 2.46 bits per heavy atom. The lowest BCUT2D eigenvalue weighted by molar-refractivity contribution is -0.739. The Bertz CT molecular complexity index is 1900. The van der Waals surface area contributed by atoms with Crippen LogP contribution in [0.5, 0.6) is 0 Å².